The summed E-state index contributed by atoms with van der Waals surface area (Å²) in [4.78, 5) is 13.0. The van der Waals surface area contributed by atoms with Crippen LogP contribution in [0.5, 0.6) is 0 Å². The number of benzene rings is 1. The number of hydrogen-bond donors (Lipinski definition) is 3. The fraction of sp³-hybridized carbons (Fsp3) is 0.368. The molecule has 2 heterocycles. The van der Waals surface area contributed by atoms with Crippen molar-refractivity contribution in [2.24, 2.45) is 5.73 Å². The molecule has 8 nitrogen and oxygen atoms in total. The molecule has 1 aliphatic rings. The van der Waals surface area contributed by atoms with E-state index >= 15 is 0 Å². The van der Waals surface area contributed by atoms with Crippen LogP contribution in [-0.4, -0.2) is 32.7 Å². The van der Waals surface area contributed by atoms with Crippen LogP contribution in [0.15, 0.2) is 40.9 Å². The molecule has 1 aliphatic carbocycles. The highest BCUT2D eigenvalue weighted by Crippen LogP contribution is 2.35. The van der Waals surface area contributed by atoms with E-state index in [4.69, 9.17) is 16.0 Å². The van der Waals surface area contributed by atoms with Gasteiger partial charge in [0.2, 0.25) is 11.8 Å². The molecule has 27 heavy (non-hydrogen) atoms. The van der Waals surface area contributed by atoms with Crippen molar-refractivity contribution < 1.29 is 4.52 Å². The van der Waals surface area contributed by atoms with Gasteiger partial charge in [0, 0.05) is 37.4 Å². The summed E-state index contributed by atoms with van der Waals surface area (Å²) in [5.41, 5.74) is 13.8. The highest BCUT2D eigenvalue weighted by Gasteiger charge is 2.29. The fourth-order valence-electron chi connectivity index (χ4n) is 3.23. The van der Waals surface area contributed by atoms with Crippen molar-refractivity contribution in [3.8, 4) is 0 Å². The van der Waals surface area contributed by atoms with E-state index in [2.05, 4.69) is 25.4 Å². The third kappa shape index (κ3) is 4.40. The molecular formula is C19H23N7O. The Morgan fingerprint density at radius 2 is 1.93 bits per heavy atom. The van der Waals surface area contributed by atoms with Crippen molar-refractivity contribution >= 4 is 11.8 Å². The maximum absolute atomic E-state index is 5.86. The Balaban J connectivity index is 1.31. The number of rotatable bonds is 7. The van der Waals surface area contributed by atoms with Gasteiger partial charge in [-0.2, -0.15) is 9.97 Å². The number of nitrogens with zero attached hydrogens (tertiary/aromatic N) is 4. The van der Waals surface area contributed by atoms with E-state index in [1.807, 2.05) is 36.4 Å². The van der Waals surface area contributed by atoms with Crippen molar-refractivity contribution in [2.75, 3.05) is 17.6 Å². The van der Waals surface area contributed by atoms with Gasteiger partial charge in [0.1, 0.15) is 5.82 Å². The number of nitrogens with two attached hydrogens (primary N) is 2. The van der Waals surface area contributed by atoms with Gasteiger partial charge in [0.25, 0.3) is 0 Å². The molecule has 0 bridgehead atoms. The summed E-state index contributed by atoms with van der Waals surface area (Å²) in [6.07, 6.45) is 3.16. The molecule has 2 aromatic heterocycles. The molecule has 0 saturated heterocycles. The molecule has 0 atom stereocenters. The Morgan fingerprint density at radius 1 is 1.11 bits per heavy atom. The molecule has 4 rings (SSSR count). The van der Waals surface area contributed by atoms with Crippen molar-refractivity contribution in [1.82, 2.24) is 20.1 Å². The first-order chi connectivity index (χ1) is 13.2. The molecule has 3 aromatic rings. The zero-order chi connectivity index (χ0) is 18.6. The van der Waals surface area contributed by atoms with Gasteiger partial charge in [0.05, 0.1) is 5.69 Å². The number of nitrogen functional groups attached to an aromatic ring is 1. The monoisotopic (exact) mass is 365 g/mol. The highest BCUT2D eigenvalue weighted by atomic mass is 16.5. The van der Waals surface area contributed by atoms with E-state index in [0.717, 1.165) is 24.1 Å². The van der Waals surface area contributed by atoms with Crippen molar-refractivity contribution in [3.05, 3.63) is 59.4 Å². The first-order valence-electron chi connectivity index (χ1n) is 9.15. The van der Waals surface area contributed by atoms with Crippen LogP contribution in [0.2, 0.25) is 0 Å². The lowest BCUT2D eigenvalue weighted by Crippen LogP contribution is -2.35. The van der Waals surface area contributed by atoms with Gasteiger partial charge < -0.3 is 21.3 Å². The summed E-state index contributed by atoms with van der Waals surface area (Å²) >= 11 is 0. The Bertz CT molecular complexity index is 890. The predicted molar refractivity (Wildman–Crippen MR) is 102 cm³/mol. The molecule has 5 N–H and O–H groups in total. The molecule has 1 aromatic carbocycles. The molecule has 0 spiro atoms. The molecule has 0 radical (unpaired) electrons. The summed E-state index contributed by atoms with van der Waals surface area (Å²) in [6.45, 7) is 0.618. The molecule has 0 unspecified atom stereocenters. The fourth-order valence-corrected chi connectivity index (χ4v) is 3.23. The van der Waals surface area contributed by atoms with Crippen LogP contribution in [0.1, 0.15) is 41.7 Å². The van der Waals surface area contributed by atoms with Gasteiger partial charge in [-0.1, -0.05) is 35.5 Å². The lowest BCUT2D eigenvalue weighted by atomic mass is 9.78. The minimum atomic E-state index is 0.269. The van der Waals surface area contributed by atoms with Gasteiger partial charge in [0.15, 0.2) is 5.82 Å². The zero-order valence-electron chi connectivity index (χ0n) is 15.0. The van der Waals surface area contributed by atoms with Crippen LogP contribution in [0.3, 0.4) is 0 Å². The Kier molecular flexibility index (Phi) is 4.97. The molecule has 8 heteroatoms. The highest BCUT2D eigenvalue weighted by molar-refractivity contribution is 5.42. The average Bonchev–Trinajstić information content (AvgIpc) is 3.07. The normalized spacial score (nSPS) is 18.9. The second-order valence-electron chi connectivity index (χ2n) is 6.91. The molecule has 0 aliphatic heterocycles. The van der Waals surface area contributed by atoms with E-state index in [9.17, 15) is 0 Å². The van der Waals surface area contributed by atoms with E-state index < -0.39 is 0 Å². The van der Waals surface area contributed by atoms with Gasteiger partial charge in [-0.3, -0.25) is 0 Å². The SMILES string of the molecule is Nc1nc(NCCc2nc(Cc3ccccc3)no2)cc(C2CC(N)C2)n1. The van der Waals surface area contributed by atoms with Gasteiger partial charge >= 0.3 is 0 Å². The topological polar surface area (TPSA) is 129 Å². The van der Waals surface area contributed by atoms with Gasteiger partial charge in [-0.25, -0.2) is 4.98 Å². The minimum absolute atomic E-state index is 0.269. The summed E-state index contributed by atoms with van der Waals surface area (Å²) in [6, 6.07) is 12.3. The number of nitrogens with one attached hydrogen (secondary N) is 1. The maximum atomic E-state index is 5.86. The maximum Gasteiger partial charge on any atom is 0.228 e. The van der Waals surface area contributed by atoms with E-state index in [1.54, 1.807) is 0 Å². The lowest BCUT2D eigenvalue weighted by Gasteiger charge is -2.32. The van der Waals surface area contributed by atoms with Crippen molar-refractivity contribution in [1.29, 1.82) is 0 Å². The second kappa shape index (κ2) is 7.71. The largest absolute Gasteiger partial charge is 0.369 e. The van der Waals surface area contributed by atoms with Gasteiger partial charge in [-0.15, -0.1) is 0 Å². The third-order valence-corrected chi connectivity index (χ3v) is 4.72. The average molecular weight is 365 g/mol. The molecule has 1 fully saturated rings. The predicted octanol–water partition coefficient (Wildman–Crippen LogP) is 1.89. The minimum Gasteiger partial charge on any atom is -0.369 e. The zero-order valence-corrected chi connectivity index (χ0v) is 15.0. The Labute approximate surface area is 157 Å². The van der Waals surface area contributed by atoms with Crippen LogP contribution in [-0.2, 0) is 12.8 Å². The molecule has 0 amide bonds. The number of hydrogen-bond acceptors (Lipinski definition) is 8. The van der Waals surface area contributed by atoms with Gasteiger partial charge in [-0.05, 0) is 18.4 Å². The molecule has 1 saturated carbocycles. The van der Waals surface area contributed by atoms with Crippen LogP contribution >= 0.6 is 0 Å². The van der Waals surface area contributed by atoms with Crippen molar-refractivity contribution in [3.63, 3.8) is 0 Å². The van der Waals surface area contributed by atoms with Crippen LogP contribution < -0.4 is 16.8 Å². The first-order valence-corrected chi connectivity index (χ1v) is 9.15. The van der Waals surface area contributed by atoms with Crippen LogP contribution in [0, 0.1) is 0 Å². The van der Waals surface area contributed by atoms with Crippen LogP contribution in [0.25, 0.3) is 0 Å². The first kappa shape index (κ1) is 17.4. The molecule has 140 valence electrons. The quantitative estimate of drug-likeness (QED) is 0.579. The summed E-state index contributed by atoms with van der Waals surface area (Å²) in [7, 11) is 0. The summed E-state index contributed by atoms with van der Waals surface area (Å²) in [5, 5.41) is 7.30. The molecular weight excluding hydrogens is 342 g/mol. The summed E-state index contributed by atoms with van der Waals surface area (Å²) in [5.74, 6) is 2.65. The summed E-state index contributed by atoms with van der Waals surface area (Å²) < 4.78 is 5.33. The lowest BCUT2D eigenvalue weighted by molar-refractivity contribution is 0.345. The van der Waals surface area contributed by atoms with E-state index in [1.165, 1.54) is 0 Å². The smallest absolute Gasteiger partial charge is 0.228 e. The van der Waals surface area contributed by atoms with Crippen molar-refractivity contribution in [2.45, 2.75) is 37.6 Å². The third-order valence-electron chi connectivity index (χ3n) is 4.72. The number of anilines is 2. The Morgan fingerprint density at radius 3 is 2.70 bits per heavy atom. The Hall–Kier alpha value is -3.00. The second-order valence-corrected chi connectivity index (χ2v) is 6.91. The van der Waals surface area contributed by atoms with E-state index in [0.29, 0.717) is 42.8 Å². The van der Waals surface area contributed by atoms with Crippen LogP contribution in [0.4, 0.5) is 11.8 Å². The standard InChI is InChI=1S/C19H23N7O/c20-14-9-13(10-14)15-11-16(25-19(21)23-15)22-7-6-18-24-17(26-27-18)8-12-4-2-1-3-5-12/h1-5,11,13-14H,6-10,20H2,(H3,21,22,23,25). The number of aromatic nitrogens is 4. The van der Waals surface area contributed by atoms with E-state index in [-0.39, 0.29) is 12.0 Å².